The minimum absolute atomic E-state index is 0.968. The Morgan fingerprint density at radius 1 is 1.86 bits per heavy atom. The van der Waals surface area contributed by atoms with Crippen molar-refractivity contribution in [3.8, 4) is 0 Å². The molecular formula is C5H9N2. The van der Waals surface area contributed by atoms with Gasteiger partial charge in [-0.25, -0.2) is 0 Å². The summed E-state index contributed by atoms with van der Waals surface area (Å²) >= 11 is 0. The Hall–Kier alpha value is -0.660. The van der Waals surface area contributed by atoms with Crippen LogP contribution in [0, 0.1) is 0 Å². The van der Waals surface area contributed by atoms with E-state index in [1.54, 1.807) is 0 Å². The summed E-state index contributed by atoms with van der Waals surface area (Å²) < 4.78 is 0. The summed E-state index contributed by atoms with van der Waals surface area (Å²) in [6, 6.07) is 0. The van der Waals surface area contributed by atoms with Gasteiger partial charge in [-0.3, -0.25) is 5.32 Å². The van der Waals surface area contributed by atoms with Crippen LogP contribution in [0.1, 0.15) is 6.42 Å². The van der Waals surface area contributed by atoms with Crippen LogP contribution < -0.4 is 10.6 Å². The highest BCUT2D eigenvalue weighted by molar-refractivity contribution is 5.01. The summed E-state index contributed by atoms with van der Waals surface area (Å²) in [5, 5.41) is 7.06. The third-order valence-electron chi connectivity index (χ3n) is 1.01. The highest BCUT2D eigenvalue weighted by Crippen LogP contribution is 1.96. The molecule has 7 heavy (non-hydrogen) atoms. The van der Waals surface area contributed by atoms with Gasteiger partial charge in [-0.15, -0.1) is 0 Å². The minimum atomic E-state index is 0.968. The van der Waals surface area contributed by atoms with Crippen LogP contribution >= 0.6 is 0 Å². The molecule has 1 rings (SSSR count). The molecule has 0 unspecified atom stereocenters. The molecular weight excluding hydrogens is 88.1 g/mol. The molecule has 1 aliphatic rings. The van der Waals surface area contributed by atoms with E-state index in [1.165, 1.54) is 0 Å². The summed E-state index contributed by atoms with van der Waals surface area (Å²) in [7, 11) is 1.89. The van der Waals surface area contributed by atoms with Crippen molar-refractivity contribution in [2.75, 3.05) is 13.6 Å². The Kier molecular flexibility index (Phi) is 1.20. The summed E-state index contributed by atoms with van der Waals surface area (Å²) in [6.45, 7) is 0.968. The molecule has 1 radical (unpaired) electrons. The lowest BCUT2D eigenvalue weighted by molar-refractivity contribution is 0.785. The number of nitrogens with zero attached hydrogens (tertiary/aromatic N) is 1. The van der Waals surface area contributed by atoms with Crippen LogP contribution in [0.5, 0.6) is 0 Å². The quantitative estimate of drug-likeness (QED) is 0.492. The van der Waals surface area contributed by atoms with Crippen LogP contribution in [-0.4, -0.2) is 13.6 Å². The first-order valence-electron chi connectivity index (χ1n) is 2.49. The molecule has 0 aromatic heterocycles. The first kappa shape index (κ1) is 4.50. The van der Waals surface area contributed by atoms with Crippen LogP contribution in [0.2, 0.25) is 0 Å². The van der Waals surface area contributed by atoms with Gasteiger partial charge in [0.15, 0.2) is 0 Å². The third kappa shape index (κ3) is 0.856. The van der Waals surface area contributed by atoms with E-state index in [4.69, 9.17) is 0 Å². The number of rotatable bonds is 1. The topological polar surface area (TPSA) is 26.1 Å². The molecule has 2 heteroatoms. The Bertz CT molecular complexity index is 86.1. The highest BCUT2D eigenvalue weighted by Gasteiger charge is 1.99. The van der Waals surface area contributed by atoms with Gasteiger partial charge in [-0.2, -0.15) is 0 Å². The molecule has 0 spiro atoms. The SMILES string of the molecule is CNC1=CCC[N]1. The molecule has 0 aromatic carbocycles. The predicted molar refractivity (Wildman–Crippen MR) is 28.8 cm³/mol. The lowest BCUT2D eigenvalue weighted by Crippen LogP contribution is -2.12. The van der Waals surface area contributed by atoms with Crippen LogP contribution in [0.3, 0.4) is 0 Å². The van der Waals surface area contributed by atoms with Crippen molar-refractivity contribution in [2.24, 2.45) is 0 Å². The van der Waals surface area contributed by atoms with E-state index in [9.17, 15) is 0 Å². The largest absolute Gasteiger partial charge is 0.374 e. The van der Waals surface area contributed by atoms with E-state index >= 15 is 0 Å². The zero-order valence-corrected chi connectivity index (χ0v) is 4.44. The van der Waals surface area contributed by atoms with E-state index in [0.717, 1.165) is 18.8 Å². The van der Waals surface area contributed by atoms with Gasteiger partial charge < -0.3 is 5.32 Å². The van der Waals surface area contributed by atoms with Crippen LogP contribution in [0.4, 0.5) is 0 Å². The molecule has 1 heterocycles. The fraction of sp³-hybridized carbons (Fsp3) is 0.600. The van der Waals surface area contributed by atoms with Crippen LogP contribution in [-0.2, 0) is 0 Å². The molecule has 0 amide bonds. The predicted octanol–water partition coefficient (Wildman–Crippen LogP) is 0.0553. The fourth-order valence-corrected chi connectivity index (χ4v) is 0.632. The average molecular weight is 97.1 g/mol. The smallest absolute Gasteiger partial charge is 0.116 e. The Morgan fingerprint density at radius 2 is 2.71 bits per heavy atom. The molecule has 0 saturated carbocycles. The van der Waals surface area contributed by atoms with Gasteiger partial charge in [0.1, 0.15) is 5.82 Å². The zero-order valence-electron chi connectivity index (χ0n) is 4.44. The number of nitrogens with one attached hydrogen (secondary N) is 1. The summed E-state index contributed by atoms with van der Waals surface area (Å²) in [6.07, 6.45) is 3.20. The zero-order chi connectivity index (χ0) is 5.11. The lowest BCUT2D eigenvalue weighted by atomic mass is 10.5. The first-order valence-corrected chi connectivity index (χ1v) is 2.49. The van der Waals surface area contributed by atoms with Crippen molar-refractivity contribution in [3.63, 3.8) is 0 Å². The summed E-state index contributed by atoms with van der Waals surface area (Å²) in [5.41, 5.74) is 0. The molecule has 0 saturated heterocycles. The van der Waals surface area contributed by atoms with Crippen molar-refractivity contribution < 1.29 is 0 Å². The molecule has 0 aliphatic carbocycles. The van der Waals surface area contributed by atoms with E-state index in [2.05, 4.69) is 16.7 Å². The van der Waals surface area contributed by atoms with Gasteiger partial charge in [-0.1, -0.05) is 0 Å². The molecule has 1 aliphatic heterocycles. The number of hydrogen-bond acceptors (Lipinski definition) is 1. The standard InChI is InChI=1S/C5H9N2/c1-6-5-3-2-4-7-5/h3,6H,2,4H2,1H3. The van der Waals surface area contributed by atoms with Crippen molar-refractivity contribution in [3.05, 3.63) is 11.9 Å². The monoisotopic (exact) mass is 97.1 g/mol. The summed E-state index contributed by atoms with van der Waals surface area (Å²) in [5.74, 6) is 1.04. The Balaban J connectivity index is 2.36. The van der Waals surface area contributed by atoms with E-state index in [1.807, 2.05) is 7.05 Å². The van der Waals surface area contributed by atoms with Gasteiger partial charge in [0, 0.05) is 13.6 Å². The maximum absolute atomic E-state index is 4.10. The van der Waals surface area contributed by atoms with E-state index < -0.39 is 0 Å². The third-order valence-corrected chi connectivity index (χ3v) is 1.01. The molecule has 0 bridgehead atoms. The fourth-order valence-electron chi connectivity index (χ4n) is 0.632. The van der Waals surface area contributed by atoms with Gasteiger partial charge in [0.05, 0.1) is 0 Å². The molecule has 0 atom stereocenters. The second-order valence-electron chi connectivity index (χ2n) is 1.51. The number of hydrogen-bond donors (Lipinski definition) is 1. The van der Waals surface area contributed by atoms with Crippen molar-refractivity contribution in [1.82, 2.24) is 10.6 Å². The Labute approximate surface area is 43.6 Å². The normalized spacial score (nSPS) is 18.1. The lowest BCUT2D eigenvalue weighted by Gasteiger charge is -1.95. The van der Waals surface area contributed by atoms with Gasteiger partial charge in [0.2, 0.25) is 0 Å². The molecule has 1 N–H and O–H groups in total. The van der Waals surface area contributed by atoms with Crippen molar-refractivity contribution in [2.45, 2.75) is 6.42 Å². The van der Waals surface area contributed by atoms with Gasteiger partial charge in [-0.05, 0) is 12.5 Å². The maximum atomic E-state index is 4.10. The van der Waals surface area contributed by atoms with Crippen molar-refractivity contribution in [1.29, 1.82) is 0 Å². The average Bonchev–Trinajstić information content (AvgIpc) is 2.14. The van der Waals surface area contributed by atoms with Crippen LogP contribution in [0.25, 0.3) is 0 Å². The molecule has 0 fully saturated rings. The second-order valence-corrected chi connectivity index (χ2v) is 1.51. The second kappa shape index (κ2) is 1.87. The van der Waals surface area contributed by atoms with E-state index in [0.29, 0.717) is 0 Å². The minimum Gasteiger partial charge on any atom is -0.374 e. The molecule has 39 valence electrons. The molecule has 2 nitrogen and oxygen atoms in total. The highest BCUT2D eigenvalue weighted by atomic mass is 15.1. The van der Waals surface area contributed by atoms with E-state index in [-0.39, 0.29) is 0 Å². The maximum Gasteiger partial charge on any atom is 0.116 e. The molecule has 0 aromatic rings. The van der Waals surface area contributed by atoms with Crippen LogP contribution in [0.15, 0.2) is 11.9 Å². The first-order chi connectivity index (χ1) is 3.43. The Morgan fingerprint density at radius 3 is 3.00 bits per heavy atom. The summed E-state index contributed by atoms with van der Waals surface area (Å²) in [4.78, 5) is 0. The van der Waals surface area contributed by atoms with Gasteiger partial charge >= 0.3 is 0 Å². The van der Waals surface area contributed by atoms with Crippen molar-refractivity contribution >= 4 is 0 Å². The van der Waals surface area contributed by atoms with Gasteiger partial charge in [0.25, 0.3) is 0 Å².